The van der Waals surface area contributed by atoms with Crippen molar-refractivity contribution in [3.63, 3.8) is 0 Å². The van der Waals surface area contributed by atoms with Crippen LogP contribution in [0.15, 0.2) is 36.6 Å². The predicted molar refractivity (Wildman–Crippen MR) is 51.9 cm³/mol. The van der Waals surface area contributed by atoms with Gasteiger partial charge < -0.3 is 5.32 Å². The summed E-state index contributed by atoms with van der Waals surface area (Å²) in [4.78, 5) is 21.3. The summed E-state index contributed by atoms with van der Waals surface area (Å²) in [5, 5.41) is 2.33. The Bertz CT molecular complexity index is 275. The van der Waals surface area contributed by atoms with Crippen LogP contribution in [0, 0.1) is 0 Å². The molecule has 0 spiro atoms. The minimum atomic E-state index is -0.643. The molecule has 0 rings (SSSR count). The van der Waals surface area contributed by atoms with Gasteiger partial charge in [-0.1, -0.05) is 24.8 Å². The second-order valence-corrected chi connectivity index (χ2v) is 2.42. The summed E-state index contributed by atoms with van der Waals surface area (Å²) in [7, 11) is 0. The quantitative estimate of drug-likeness (QED) is 0.523. The predicted octanol–water partition coefficient (Wildman–Crippen LogP) is 1.34. The van der Waals surface area contributed by atoms with Crippen LogP contribution in [0.3, 0.4) is 0 Å². The fourth-order valence-electron chi connectivity index (χ4n) is 0.558. The zero-order chi connectivity index (χ0) is 10.3. The van der Waals surface area contributed by atoms with E-state index in [1.165, 1.54) is 6.92 Å². The van der Waals surface area contributed by atoms with Crippen molar-refractivity contribution < 1.29 is 9.59 Å². The Labute approximate surface area is 77.8 Å². The van der Waals surface area contributed by atoms with E-state index in [1.807, 2.05) is 13.0 Å². The molecule has 0 saturated carbocycles. The molecular formula is C10H13NO2. The van der Waals surface area contributed by atoms with Crippen LogP contribution in [-0.4, -0.2) is 11.7 Å². The average Bonchev–Trinajstić information content (AvgIpc) is 2.04. The zero-order valence-electron chi connectivity index (χ0n) is 7.83. The van der Waals surface area contributed by atoms with Gasteiger partial charge in [0, 0.05) is 12.6 Å². The van der Waals surface area contributed by atoms with Crippen molar-refractivity contribution in [2.45, 2.75) is 13.8 Å². The number of Topliss-reactive ketones (excluding diaryl/α,β-unsaturated/α-hetero) is 1. The molecule has 3 nitrogen and oxygen atoms in total. The second kappa shape index (κ2) is 5.94. The number of hydrogen-bond acceptors (Lipinski definition) is 2. The first kappa shape index (κ1) is 11.4. The van der Waals surface area contributed by atoms with Crippen molar-refractivity contribution in [2.75, 3.05) is 0 Å². The van der Waals surface area contributed by atoms with Gasteiger partial charge in [0.1, 0.15) is 0 Å². The Morgan fingerprint density at radius 1 is 1.31 bits per heavy atom. The molecule has 0 aliphatic heterocycles. The maximum atomic E-state index is 10.8. The van der Waals surface area contributed by atoms with Crippen LogP contribution in [0.5, 0.6) is 0 Å². The van der Waals surface area contributed by atoms with Crippen molar-refractivity contribution in [3.05, 3.63) is 36.6 Å². The van der Waals surface area contributed by atoms with E-state index in [0.717, 1.165) is 0 Å². The van der Waals surface area contributed by atoms with Gasteiger partial charge in [0.05, 0.1) is 0 Å². The molecule has 70 valence electrons. The maximum absolute atomic E-state index is 10.8. The summed E-state index contributed by atoms with van der Waals surface area (Å²) in [6, 6.07) is 0. The molecule has 0 aliphatic carbocycles. The number of allylic oxidation sites excluding steroid dienone is 4. The molecule has 0 aromatic carbocycles. The van der Waals surface area contributed by atoms with Crippen LogP contribution in [0.25, 0.3) is 0 Å². The molecule has 0 fully saturated rings. The van der Waals surface area contributed by atoms with Crippen molar-refractivity contribution >= 4 is 11.7 Å². The molecule has 0 bridgehead atoms. The lowest BCUT2D eigenvalue weighted by molar-refractivity contribution is -0.136. The van der Waals surface area contributed by atoms with Crippen molar-refractivity contribution in [3.8, 4) is 0 Å². The lowest BCUT2D eigenvalue weighted by Crippen LogP contribution is -2.27. The molecule has 0 aromatic heterocycles. The molecule has 0 saturated heterocycles. The minimum absolute atomic E-state index is 0.401. The van der Waals surface area contributed by atoms with E-state index >= 15 is 0 Å². The fourth-order valence-corrected chi connectivity index (χ4v) is 0.558. The largest absolute Gasteiger partial charge is 0.320 e. The summed E-state index contributed by atoms with van der Waals surface area (Å²) < 4.78 is 0. The number of hydrogen-bond donors (Lipinski definition) is 1. The average molecular weight is 179 g/mol. The van der Waals surface area contributed by atoms with E-state index in [0.29, 0.717) is 5.70 Å². The van der Waals surface area contributed by atoms with Gasteiger partial charge in [-0.05, 0) is 13.0 Å². The van der Waals surface area contributed by atoms with E-state index in [4.69, 9.17) is 0 Å². The summed E-state index contributed by atoms with van der Waals surface area (Å²) in [6.45, 7) is 6.63. The molecule has 0 atom stereocenters. The summed E-state index contributed by atoms with van der Waals surface area (Å²) >= 11 is 0. The van der Waals surface area contributed by atoms with Gasteiger partial charge in [0.25, 0.3) is 5.91 Å². The number of ketones is 1. The Hall–Kier alpha value is -1.64. The van der Waals surface area contributed by atoms with Gasteiger partial charge >= 0.3 is 0 Å². The highest BCUT2D eigenvalue weighted by Gasteiger charge is 2.05. The van der Waals surface area contributed by atoms with Crippen LogP contribution < -0.4 is 5.32 Å². The third kappa shape index (κ3) is 5.61. The second-order valence-electron chi connectivity index (χ2n) is 2.42. The molecule has 0 unspecified atom stereocenters. The Morgan fingerprint density at radius 3 is 2.38 bits per heavy atom. The van der Waals surface area contributed by atoms with Crippen molar-refractivity contribution in [2.24, 2.45) is 0 Å². The molecule has 0 aliphatic rings. The molecule has 1 amide bonds. The topological polar surface area (TPSA) is 46.2 Å². The monoisotopic (exact) mass is 179 g/mol. The number of nitrogens with one attached hydrogen (secondary N) is 1. The van der Waals surface area contributed by atoms with E-state index in [1.54, 1.807) is 18.2 Å². The van der Waals surface area contributed by atoms with Crippen LogP contribution in [-0.2, 0) is 9.59 Å². The van der Waals surface area contributed by atoms with Gasteiger partial charge in [0.2, 0.25) is 5.78 Å². The molecule has 0 radical (unpaired) electrons. The Kier molecular flexibility index (Phi) is 5.19. The number of carbonyl (C=O) groups excluding carboxylic acids is 2. The molecule has 1 N–H and O–H groups in total. The zero-order valence-corrected chi connectivity index (χ0v) is 7.83. The van der Waals surface area contributed by atoms with E-state index < -0.39 is 11.7 Å². The normalized spacial score (nSPS) is 10.6. The van der Waals surface area contributed by atoms with Crippen LogP contribution in [0.2, 0.25) is 0 Å². The summed E-state index contributed by atoms with van der Waals surface area (Å²) in [5.74, 6) is -1.17. The third-order valence-electron chi connectivity index (χ3n) is 1.19. The first-order chi connectivity index (χ1) is 6.07. The molecule has 3 heteroatoms. The number of carbonyl (C=O) groups is 2. The van der Waals surface area contributed by atoms with Gasteiger partial charge in [0.15, 0.2) is 0 Å². The molecular weight excluding hydrogens is 166 g/mol. The third-order valence-corrected chi connectivity index (χ3v) is 1.19. The minimum Gasteiger partial charge on any atom is -0.320 e. The van der Waals surface area contributed by atoms with Crippen molar-refractivity contribution in [1.29, 1.82) is 0 Å². The lowest BCUT2D eigenvalue weighted by Gasteiger charge is -1.99. The molecule has 0 heterocycles. The van der Waals surface area contributed by atoms with Crippen LogP contribution in [0.1, 0.15) is 13.8 Å². The van der Waals surface area contributed by atoms with Gasteiger partial charge in [-0.2, -0.15) is 0 Å². The van der Waals surface area contributed by atoms with Gasteiger partial charge in [-0.3, -0.25) is 9.59 Å². The first-order valence-corrected chi connectivity index (χ1v) is 3.88. The standard InChI is InChI=1S/C10H13NO2/c1-4-5-6-7-8(2)11-10(13)9(3)12/h4-7H,2H2,1,3H3,(H,11,13)/b5-4-,7-6-. The highest BCUT2D eigenvalue weighted by atomic mass is 16.2. The molecule has 0 aromatic rings. The van der Waals surface area contributed by atoms with Gasteiger partial charge in [-0.25, -0.2) is 0 Å². The smallest absolute Gasteiger partial charge is 0.291 e. The van der Waals surface area contributed by atoms with Crippen molar-refractivity contribution in [1.82, 2.24) is 5.32 Å². The van der Waals surface area contributed by atoms with Gasteiger partial charge in [-0.15, -0.1) is 0 Å². The lowest BCUT2D eigenvalue weighted by atomic mass is 10.3. The Balaban J connectivity index is 4.02. The van der Waals surface area contributed by atoms with E-state index in [-0.39, 0.29) is 0 Å². The highest BCUT2D eigenvalue weighted by molar-refractivity contribution is 6.35. The SMILES string of the molecule is C=C(/C=C\C=C/C)NC(=O)C(C)=O. The molecule has 13 heavy (non-hydrogen) atoms. The van der Waals surface area contributed by atoms with E-state index in [2.05, 4.69) is 11.9 Å². The fraction of sp³-hybridized carbons (Fsp3) is 0.200. The Morgan fingerprint density at radius 2 is 1.92 bits per heavy atom. The highest BCUT2D eigenvalue weighted by Crippen LogP contribution is 1.88. The van der Waals surface area contributed by atoms with Crippen LogP contribution in [0.4, 0.5) is 0 Å². The summed E-state index contributed by atoms with van der Waals surface area (Å²) in [5.41, 5.74) is 0.401. The first-order valence-electron chi connectivity index (χ1n) is 3.88. The van der Waals surface area contributed by atoms with E-state index in [9.17, 15) is 9.59 Å². The summed E-state index contributed by atoms with van der Waals surface area (Å²) in [6.07, 6.45) is 6.98. The van der Waals surface area contributed by atoms with Crippen LogP contribution >= 0.6 is 0 Å². The number of rotatable bonds is 4. The number of amides is 1. The maximum Gasteiger partial charge on any atom is 0.291 e.